The van der Waals surface area contributed by atoms with E-state index < -0.39 is 6.04 Å². The van der Waals surface area contributed by atoms with Gasteiger partial charge in [-0.25, -0.2) is 0 Å². The average molecular weight is 271 g/mol. The van der Waals surface area contributed by atoms with Crippen molar-refractivity contribution in [2.45, 2.75) is 6.04 Å². The number of rotatable bonds is 4. The number of aromatic nitrogens is 2. The van der Waals surface area contributed by atoms with Crippen LogP contribution in [0.1, 0.15) is 22.2 Å². The number of aliphatic hydroxyl groups excluding tert-OH is 1. The van der Waals surface area contributed by atoms with Gasteiger partial charge in [0.15, 0.2) is 0 Å². The Bertz CT molecular complexity index is 718. The Hall–Kier alpha value is -2.60. The summed E-state index contributed by atoms with van der Waals surface area (Å²) in [6, 6.07) is 8.19. The fraction of sp³-hybridized carbons (Fsp3) is 0.143. The van der Waals surface area contributed by atoms with Crippen molar-refractivity contribution in [3.63, 3.8) is 0 Å². The van der Waals surface area contributed by atoms with Gasteiger partial charge in [0.1, 0.15) is 11.8 Å². The molecule has 102 valence electrons. The summed E-state index contributed by atoms with van der Waals surface area (Å²) in [5, 5.41) is 19.7. The van der Waals surface area contributed by atoms with Gasteiger partial charge in [0, 0.05) is 5.39 Å². The lowest BCUT2D eigenvalue weighted by atomic mass is 10.1. The molecule has 0 saturated heterocycles. The molecule has 20 heavy (non-hydrogen) atoms. The number of benzene rings is 1. The summed E-state index contributed by atoms with van der Waals surface area (Å²) < 4.78 is 5.20. The highest BCUT2D eigenvalue weighted by Gasteiger charge is 2.19. The monoisotopic (exact) mass is 271 g/mol. The summed E-state index contributed by atoms with van der Waals surface area (Å²) >= 11 is 0. The first kappa shape index (κ1) is 12.4. The Balaban J connectivity index is 1.87. The highest BCUT2D eigenvalue weighted by atomic mass is 16.3. The Kier molecular flexibility index (Phi) is 3.22. The van der Waals surface area contributed by atoms with E-state index in [1.165, 1.54) is 6.26 Å². The maximum Gasteiger partial charge on any atom is 0.254 e. The zero-order valence-electron chi connectivity index (χ0n) is 10.5. The van der Waals surface area contributed by atoms with E-state index in [1.807, 2.05) is 6.07 Å². The lowest BCUT2D eigenvalue weighted by molar-refractivity contribution is 0.0909. The van der Waals surface area contributed by atoms with Crippen molar-refractivity contribution < 1.29 is 14.3 Å². The average Bonchev–Trinajstić information content (AvgIpc) is 3.14. The molecule has 0 spiro atoms. The summed E-state index contributed by atoms with van der Waals surface area (Å²) in [5.74, 6) is 0.216. The number of fused-ring (bicyclic) bond motifs is 1. The number of hydrogen-bond donors (Lipinski definition) is 3. The maximum absolute atomic E-state index is 12.3. The molecule has 1 aromatic carbocycles. The number of aromatic amines is 1. The lowest BCUT2D eigenvalue weighted by Crippen LogP contribution is -2.30. The van der Waals surface area contributed by atoms with E-state index in [4.69, 9.17) is 4.42 Å². The summed E-state index contributed by atoms with van der Waals surface area (Å²) in [6.07, 6.45) is 3.15. The molecule has 2 heterocycles. The molecule has 2 aromatic heterocycles. The zero-order chi connectivity index (χ0) is 13.9. The van der Waals surface area contributed by atoms with E-state index in [1.54, 1.807) is 30.5 Å². The zero-order valence-corrected chi connectivity index (χ0v) is 10.5. The van der Waals surface area contributed by atoms with Crippen LogP contribution in [-0.2, 0) is 0 Å². The van der Waals surface area contributed by atoms with Crippen molar-refractivity contribution >= 4 is 16.8 Å². The van der Waals surface area contributed by atoms with Crippen LogP contribution in [0, 0.1) is 0 Å². The number of furan rings is 1. The number of nitrogens with zero attached hydrogens (tertiary/aromatic N) is 1. The summed E-state index contributed by atoms with van der Waals surface area (Å²) in [6.45, 7) is -0.238. The van der Waals surface area contributed by atoms with Gasteiger partial charge in [-0.15, -0.1) is 0 Å². The van der Waals surface area contributed by atoms with Gasteiger partial charge in [-0.2, -0.15) is 5.10 Å². The van der Waals surface area contributed by atoms with E-state index in [0.717, 1.165) is 5.39 Å². The molecule has 3 aromatic rings. The number of hydrogen-bond acceptors (Lipinski definition) is 4. The first-order chi connectivity index (χ1) is 9.79. The van der Waals surface area contributed by atoms with Crippen LogP contribution in [0.25, 0.3) is 10.9 Å². The van der Waals surface area contributed by atoms with Crippen LogP contribution in [0.5, 0.6) is 0 Å². The van der Waals surface area contributed by atoms with Crippen molar-refractivity contribution in [1.82, 2.24) is 15.5 Å². The molecule has 1 atom stereocenters. The van der Waals surface area contributed by atoms with Gasteiger partial charge in [0.05, 0.1) is 30.1 Å². The molecule has 6 heteroatoms. The Morgan fingerprint density at radius 3 is 3.05 bits per heavy atom. The van der Waals surface area contributed by atoms with Crippen LogP contribution < -0.4 is 5.32 Å². The molecular weight excluding hydrogens is 258 g/mol. The molecule has 0 aliphatic heterocycles. The molecule has 3 rings (SSSR count). The topological polar surface area (TPSA) is 91.2 Å². The van der Waals surface area contributed by atoms with Gasteiger partial charge >= 0.3 is 0 Å². The molecule has 0 bridgehead atoms. The van der Waals surface area contributed by atoms with Gasteiger partial charge in [0.2, 0.25) is 0 Å². The number of aliphatic hydroxyl groups is 1. The third-order valence-electron chi connectivity index (χ3n) is 3.10. The van der Waals surface area contributed by atoms with Gasteiger partial charge in [-0.3, -0.25) is 9.89 Å². The van der Waals surface area contributed by atoms with Crippen LogP contribution >= 0.6 is 0 Å². The molecule has 0 fully saturated rings. The first-order valence-electron chi connectivity index (χ1n) is 6.17. The summed E-state index contributed by atoms with van der Waals surface area (Å²) in [4.78, 5) is 12.3. The third-order valence-corrected chi connectivity index (χ3v) is 3.10. The number of carbonyl (C=O) groups excluding carboxylic acids is 1. The van der Waals surface area contributed by atoms with Crippen molar-refractivity contribution in [2.24, 2.45) is 0 Å². The molecule has 1 amide bonds. The highest BCUT2D eigenvalue weighted by molar-refractivity contribution is 6.05. The molecule has 6 nitrogen and oxygen atoms in total. The third kappa shape index (κ3) is 2.17. The van der Waals surface area contributed by atoms with Gasteiger partial charge < -0.3 is 14.8 Å². The number of H-pyrrole nitrogens is 1. The number of para-hydroxylation sites is 1. The summed E-state index contributed by atoms with van der Waals surface area (Å²) in [5.41, 5.74) is 1.14. The van der Waals surface area contributed by atoms with Gasteiger partial charge in [-0.05, 0) is 18.2 Å². The number of amides is 1. The van der Waals surface area contributed by atoms with Crippen LogP contribution in [-0.4, -0.2) is 27.8 Å². The molecule has 0 aliphatic rings. The SMILES string of the molecule is O=C(NC(CO)c1ccco1)c1cccc2cn[nH]c12. The van der Waals surface area contributed by atoms with Crippen LogP contribution in [0.2, 0.25) is 0 Å². The van der Waals surface area contributed by atoms with E-state index in [0.29, 0.717) is 16.8 Å². The van der Waals surface area contributed by atoms with Crippen LogP contribution in [0.4, 0.5) is 0 Å². The Morgan fingerprint density at radius 1 is 1.40 bits per heavy atom. The Morgan fingerprint density at radius 2 is 2.30 bits per heavy atom. The van der Waals surface area contributed by atoms with Crippen molar-refractivity contribution in [2.75, 3.05) is 6.61 Å². The second kappa shape index (κ2) is 5.18. The van der Waals surface area contributed by atoms with Crippen molar-refractivity contribution in [3.05, 3.63) is 54.1 Å². The number of carbonyl (C=O) groups is 1. The second-order valence-electron chi connectivity index (χ2n) is 4.36. The molecule has 0 aliphatic carbocycles. The minimum atomic E-state index is -0.573. The smallest absolute Gasteiger partial charge is 0.254 e. The van der Waals surface area contributed by atoms with Crippen molar-refractivity contribution in [3.8, 4) is 0 Å². The quantitative estimate of drug-likeness (QED) is 0.672. The lowest BCUT2D eigenvalue weighted by Gasteiger charge is -2.14. The normalized spacial score (nSPS) is 12.4. The predicted octanol–water partition coefficient (Wildman–Crippen LogP) is 1.62. The molecule has 3 N–H and O–H groups in total. The molecule has 0 radical (unpaired) electrons. The first-order valence-corrected chi connectivity index (χ1v) is 6.17. The highest BCUT2D eigenvalue weighted by Crippen LogP contribution is 2.18. The van der Waals surface area contributed by atoms with E-state index in [-0.39, 0.29) is 12.5 Å². The van der Waals surface area contributed by atoms with Crippen molar-refractivity contribution in [1.29, 1.82) is 0 Å². The van der Waals surface area contributed by atoms with Gasteiger partial charge in [-0.1, -0.05) is 12.1 Å². The molecular formula is C14H13N3O3. The minimum absolute atomic E-state index is 0.238. The fourth-order valence-corrected chi connectivity index (χ4v) is 2.09. The standard InChI is InChI=1S/C14H13N3O3/c18-8-11(12-5-2-6-20-12)16-14(19)10-4-1-3-9-7-15-17-13(9)10/h1-7,11,18H,8H2,(H,15,17)(H,16,19). The molecule has 0 saturated carbocycles. The summed E-state index contributed by atoms with van der Waals surface area (Å²) in [7, 11) is 0. The van der Waals surface area contributed by atoms with Gasteiger partial charge in [0.25, 0.3) is 5.91 Å². The fourth-order valence-electron chi connectivity index (χ4n) is 2.09. The van der Waals surface area contributed by atoms with Crippen LogP contribution in [0.15, 0.2) is 47.2 Å². The second-order valence-corrected chi connectivity index (χ2v) is 4.36. The van der Waals surface area contributed by atoms with E-state index in [9.17, 15) is 9.90 Å². The van der Waals surface area contributed by atoms with E-state index >= 15 is 0 Å². The predicted molar refractivity (Wildman–Crippen MR) is 72.1 cm³/mol. The van der Waals surface area contributed by atoms with Crippen LogP contribution in [0.3, 0.4) is 0 Å². The largest absolute Gasteiger partial charge is 0.467 e. The Labute approximate surface area is 114 Å². The maximum atomic E-state index is 12.3. The number of nitrogens with one attached hydrogen (secondary N) is 2. The minimum Gasteiger partial charge on any atom is -0.467 e. The molecule has 1 unspecified atom stereocenters. The van der Waals surface area contributed by atoms with E-state index in [2.05, 4.69) is 15.5 Å².